The number of carbonyl (C=O) groups excluding carboxylic acids is 1. The molecule has 76 valence electrons. The molecule has 0 radical (unpaired) electrons. The smallest absolute Gasteiger partial charge is 0.162 e. The van der Waals surface area contributed by atoms with Gasteiger partial charge in [-0.1, -0.05) is 6.58 Å². The maximum absolute atomic E-state index is 11.3. The second kappa shape index (κ2) is 4.65. The van der Waals surface area contributed by atoms with Crippen LogP contribution in [0.2, 0.25) is 0 Å². The fourth-order valence-electron chi connectivity index (χ4n) is 1.41. The van der Waals surface area contributed by atoms with E-state index in [1.807, 2.05) is 0 Å². The van der Waals surface area contributed by atoms with Gasteiger partial charge in [0.2, 0.25) is 0 Å². The van der Waals surface area contributed by atoms with Crippen molar-refractivity contribution in [2.45, 2.75) is 19.3 Å². The summed E-state index contributed by atoms with van der Waals surface area (Å²) in [5, 5.41) is 9.61. The summed E-state index contributed by atoms with van der Waals surface area (Å²) in [6.07, 6.45) is 4.91. The molecule has 1 aliphatic carbocycles. The van der Waals surface area contributed by atoms with Gasteiger partial charge < -0.3 is 9.84 Å². The van der Waals surface area contributed by atoms with E-state index in [0.29, 0.717) is 24.2 Å². The lowest BCUT2D eigenvalue weighted by Gasteiger charge is -2.01. The van der Waals surface area contributed by atoms with Gasteiger partial charge in [-0.25, -0.2) is 0 Å². The fraction of sp³-hybridized carbons (Fsp3) is 0.364. The van der Waals surface area contributed by atoms with Crippen LogP contribution in [0.1, 0.15) is 19.3 Å². The van der Waals surface area contributed by atoms with E-state index in [9.17, 15) is 9.90 Å². The number of aliphatic hydroxyl groups excluding tert-OH is 1. The predicted octanol–water partition coefficient (Wildman–Crippen LogP) is 2.27. The van der Waals surface area contributed by atoms with Gasteiger partial charge in [0.15, 0.2) is 5.78 Å². The van der Waals surface area contributed by atoms with Gasteiger partial charge in [0.05, 0.1) is 7.11 Å². The molecule has 1 fully saturated rings. The van der Waals surface area contributed by atoms with E-state index in [1.165, 1.54) is 19.3 Å². The van der Waals surface area contributed by atoms with Gasteiger partial charge in [-0.3, -0.25) is 4.79 Å². The molecule has 1 aliphatic rings. The molecule has 3 nitrogen and oxygen atoms in total. The Morgan fingerprint density at radius 3 is 2.71 bits per heavy atom. The number of carbonyl (C=O) groups is 1. The van der Waals surface area contributed by atoms with Crippen LogP contribution >= 0.6 is 0 Å². The van der Waals surface area contributed by atoms with Crippen LogP contribution in [0, 0.1) is 0 Å². The van der Waals surface area contributed by atoms with E-state index in [2.05, 4.69) is 6.58 Å². The van der Waals surface area contributed by atoms with Crippen molar-refractivity contribution >= 4 is 5.78 Å². The zero-order chi connectivity index (χ0) is 10.6. The van der Waals surface area contributed by atoms with Crippen molar-refractivity contribution in [1.29, 1.82) is 0 Å². The van der Waals surface area contributed by atoms with E-state index >= 15 is 0 Å². The number of ketones is 1. The van der Waals surface area contributed by atoms with Crippen LogP contribution in [0.15, 0.2) is 35.8 Å². The van der Waals surface area contributed by atoms with Crippen LogP contribution < -0.4 is 0 Å². The number of aliphatic hydroxyl groups is 1. The maximum atomic E-state index is 11.3. The molecule has 0 bridgehead atoms. The standard InChI is InChI=1S/C11H14O3/c1-3-8(14-2)7-11(13)9-5-4-6-10(9)12/h3,7,13H,1,4-6H2,2H3/b8-7+,11-9-. The molecule has 1 rings (SSSR count). The van der Waals surface area contributed by atoms with Crippen LogP contribution in [-0.2, 0) is 9.53 Å². The second-order valence-corrected chi connectivity index (χ2v) is 3.10. The van der Waals surface area contributed by atoms with Crippen LogP contribution in [0.4, 0.5) is 0 Å². The number of hydrogen-bond donors (Lipinski definition) is 1. The number of rotatable bonds is 3. The van der Waals surface area contributed by atoms with Gasteiger partial charge in [0, 0.05) is 18.1 Å². The molecule has 14 heavy (non-hydrogen) atoms. The predicted molar refractivity (Wildman–Crippen MR) is 53.8 cm³/mol. The SMILES string of the molecule is C=C/C(=C\C(O)=C1/CCCC1=O)OC. The van der Waals surface area contributed by atoms with E-state index in [1.54, 1.807) is 0 Å². The second-order valence-electron chi connectivity index (χ2n) is 3.10. The van der Waals surface area contributed by atoms with Crippen LogP contribution in [0.3, 0.4) is 0 Å². The van der Waals surface area contributed by atoms with E-state index in [0.717, 1.165) is 6.42 Å². The summed E-state index contributed by atoms with van der Waals surface area (Å²) >= 11 is 0. The number of ether oxygens (including phenoxy) is 1. The molecule has 0 aromatic heterocycles. The molecular formula is C11H14O3. The highest BCUT2D eigenvalue weighted by Gasteiger charge is 2.20. The Balaban J connectivity index is 2.92. The summed E-state index contributed by atoms with van der Waals surface area (Å²) in [5.41, 5.74) is 0.501. The normalized spacial score (nSPS) is 20.9. The fourth-order valence-corrected chi connectivity index (χ4v) is 1.41. The van der Waals surface area contributed by atoms with Crippen LogP contribution in [-0.4, -0.2) is 18.0 Å². The lowest BCUT2D eigenvalue weighted by Crippen LogP contribution is -1.96. The monoisotopic (exact) mass is 194 g/mol. The van der Waals surface area contributed by atoms with Crippen molar-refractivity contribution in [2.75, 3.05) is 7.11 Å². The average Bonchev–Trinajstić information content (AvgIpc) is 2.60. The van der Waals surface area contributed by atoms with Gasteiger partial charge in [0.25, 0.3) is 0 Å². The molecule has 0 aliphatic heterocycles. The third kappa shape index (κ3) is 2.25. The molecule has 1 N–H and O–H groups in total. The van der Waals surface area contributed by atoms with Crippen LogP contribution in [0.5, 0.6) is 0 Å². The van der Waals surface area contributed by atoms with Crippen molar-refractivity contribution in [2.24, 2.45) is 0 Å². The Morgan fingerprint density at radius 1 is 1.57 bits per heavy atom. The Morgan fingerprint density at radius 2 is 2.29 bits per heavy atom. The zero-order valence-electron chi connectivity index (χ0n) is 8.25. The van der Waals surface area contributed by atoms with Crippen molar-refractivity contribution < 1.29 is 14.6 Å². The highest BCUT2D eigenvalue weighted by atomic mass is 16.5. The molecule has 0 aromatic rings. The molecule has 0 atom stereocenters. The summed E-state index contributed by atoms with van der Waals surface area (Å²) in [4.78, 5) is 11.3. The summed E-state index contributed by atoms with van der Waals surface area (Å²) in [6.45, 7) is 3.52. The lowest BCUT2D eigenvalue weighted by molar-refractivity contribution is -0.114. The number of allylic oxidation sites excluding steroid dienone is 3. The highest BCUT2D eigenvalue weighted by molar-refractivity contribution is 5.98. The third-order valence-electron chi connectivity index (χ3n) is 2.19. The van der Waals surface area contributed by atoms with Gasteiger partial charge in [-0.05, 0) is 18.9 Å². The van der Waals surface area contributed by atoms with Crippen LogP contribution in [0.25, 0.3) is 0 Å². The highest BCUT2D eigenvalue weighted by Crippen LogP contribution is 2.23. The molecule has 3 heteroatoms. The molecule has 0 unspecified atom stereocenters. The Hall–Kier alpha value is -1.51. The van der Waals surface area contributed by atoms with Gasteiger partial charge in [-0.15, -0.1) is 0 Å². The Kier molecular flexibility index (Phi) is 3.51. The van der Waals surface area contributed by atoms with Gasteiger partial charge >= 0.3 is 0 Å². The number of hydrogen-bond acceptors (Lipinski definition) is 3. The Bertz CT molecular complexity index is 310. The average molecular weight is 194 g/mol. The minimum Gasteiger partial charge on any atom is -0.507 e. The maximum Gasteiger partial charge on any atom is 0.162 e. The van der Waals surface area contributed by atoms with Gasteiger partial charge in [0.1, 0.15) is 11.5 Å². The first kappa shape index (κ1) is 10.6. The van der Waals surface area contributed by atoms with Crippen molar-refractivity contribution in [3.8, 4) is 0 Å². The lowest BCUT2D eigenvalue weighted by atomic mass is 10.1. The summed E-state index contributed by atoms with van der Waals surface area (Å²) in [7, 11) is 1.49. The van der Waals surface area contributed by atoms with Crippen molar-refractivity contribution in [3.05, 3.63) is 35.8 Å². The largest absolute Gasteiger partial charge is 0.507 e. The first-order chi connectivity index (χ1) is 6.69. The first-order valence-electron chi connectivity index (χ1n) is 4.52. The van der Waals surface area contributed by atoms with E-state index < -0.39 is 0 Å². The topological polar surface area (TPSA) is 46.5 Å². The third-order valence-corrected chi connectivity index (χ3v) is 2.19. The van der Waals surface area contributed by atoms with Gasteiger partial charge in [-0.2, -0.15) is 0 Å². The molecule has 0 spiro atoms. The summed E-state index contributed by atoms with van der Waals surface area (Å²) < 4.78 is 4.90. The Labute approximate surface area is 83.4 Å². The quantitative estimate of drug-likeness (QED) is 0.426. The summed E-state index contributed by atoms with van der Waals surface area (Å²) in [6, 6.07) is 0. The minimum absolute atomic E-state index is 0.00394. The molecular weight excluding hydrogens is 180 g/mol. The van der Waals surface area contributed by atoms with Crippen molar-refractivity contribution in [3.63, 3.8) is 0 Å². The number of methoxy groups -OCH3 is 1. The molecule has 0 aromatic carbocycles. The van der Waals surface area contributed by atoms with E-state index in [4.69, 9.17) is 4.74 Å². The summed E-state index contributed by atoms with van der Waals surface area (Å²) in [5.74, 6) is 0.484. The molecule has 0 heterocycles. The van der Waals surface area contributed by atoms with E-state index in [-0.39, 0.29) is 11.5 Å². The number of Topliss-reactive ketones (excluding diaryl/α,β-unsaturated/α-hetero) is 1. The molecule has 0 saturated heterocycles. The van der Waals surface area contributed by atoms with Crippen molar-refractivity contribution in [1.82, 2.24) is 0 Å². The zero-order valence-corrected chi connectivity index (χ0v) is 8.25. The molecule has 1 saturated carbocycles. The first-order valence-corrected chi connectivity index (χ1v) is 4.52. The minimum atomic E-state index is 0.00394. The molecule has 0 amide bonds.